The third-order valence-corrected chi connectivity index (χ3v) is 17.4. The molecule has 3 atom stereocenters. The lowest BCUT2D eigenvalue weighted by Crippen LogP contribution is -2.59. The van der Waals surface area contributed by atoms with Gasteiger partial charge in [0.05, 0.1) is 52.7 Å². The molecule has 0 radical (unpaired) electrons. The highest BCUT2D eigenvalue weighted by molar-refractivity contribution is 7.99. The van der Waals surface area contributed by atoms with Crippen molar-refractivity contribution in [3.63, 3.8) is 0 Å². The van der Waals surface area contributed by atoms with Crippen molar-refractivity contribution in [3.05, 3.63) is 64.6 Å². The average Bonchev–Trinajstić information content (AvgIpc) is 3.76. The quantitative estimate of drug-likeness (QED) is 0.111. The molecule has 4 aliphatic heterocycles. The summed E-state index contributed by atoms with van der Waals surface area (Å²) in [6.45, 7) is 14.0. The Morgan fingerprint density at radius 3 is 2.38 bits per heavy atom. The second-order valence-corrected chi connectivity index (χ2v) is 23.7. The van der Waals surface area contributed by atoms with E-state index in [1.807, 2.05) is 42.3 Å². The molecule has 1 aromatic carbocycles. The molecule has 0 spiro atoms. The molecule has 3 aromatic heterocycles. The van der Waals surface area contributed by atoms with Gasteiger partial charge in [0.25, 0.3) is 5.91 Å². The number of aliphatic hydroxyl groups excluding tert-OH is 1. The van der Waals surface area contributed by atoms with Crippen molar-refractivity contribution in [1.82, 2.24) is 40.4 Å². The van der Waals surface area contributed by atoms with Crippen molar-refractivity contribution in [2.24, 2.45) is 22.5 Å². The number of carbonyl (C=O) groups excluding carboxylic acids is 4. The molecule has 4 saturated heterocycles. The Morgan fingerprint density at radius 2 is 1.74 bits per heavy atom. The van der Waals surface area contributed by atoms with Crippen LogP contribution in [-0.4, -0.2) is 141 Å². The minimum atomic E-state index is -1.98. The van der Waals surface area contributed by atoms with Gasteiger partial charge in [0, 0.05) is 68.3 Å². The van der Waals surface area contributed by atoms with E-state index in [9.17, 15) is 28.7 Å². The lowest BCUT2D eigenvalue weighted by molar-refractivity contribution is -0.145. The number of nitrogens with two attached hydrogens (primary N) is 1. The van der Waals surface area contributed by atoms with Gasteiger partial charge in [0.1, 0.15) is 40.6 Å². The number of nitrogens with one attached hydrogen (secondary N) is 2. The van der Waals surface area contributed by atoms with E-state index in [-0.39, 0.29) is 55.7 Å². The number of aryl methyl sites for hydroxylation is 1. The van der Waals surface area contributed by atoms with E-state index in [0.29, 0.717) is 67.7 Å². The number of thiazole rings is 1. The van der Waals surface area contributed by atoms with E-state index >= 15 is 0 Å². The van der Waals surface area contributed by atoms with E-state index in [1.54, 1.807) is 38.7 Å². The number of pyridine rings is 1. The number of aliphatic hydroxyl groups is 1. The second-order valence-electron chi connectivity index (χ2n) is 21.4. The number of nitrogens with zero attached hydrogens (tertiary/aromatic N) is 8. The summed E-state index contributed by atoms with van der Waals surface area (Å²) in [5.41, 5.74) is 7.63. The number of carbonyl (C=O) groups is 4. The monoisotopic (exact) mass is 1050 g/mol. The van der Waals surface area contributed by atoms with Crippen LogP contribution in [0.15, 0.2) is 58.3 Å². The van der Waals surface area contributed by atoms with Crippen molar-refractivity contribution >= 4 is 70.0 Å². The fraction of sp³-hybridized carbons (Fsp3) is 0.569. The number of alkyl halides is 1. The Balaban J connectivity index is 0.790. The highest BCUT2D eigenvalue weighted by Gasteiger charge is 2.53. The summed E-state index contributed by atoms with van der Waals surface area (Å²) in [7, 11) is 0. The average molecular weight is 1050 g/mol. The zero-order chi connectivity index (χ0) is 51.1. The van der Waals surface area contributed by atoms with Gasteiger partial charge in [-0.15, -0.1) is 11.3 Å². The highest BCUT2D eigenvalue weighted by atomic mass is 35.5. The van der Waals surface area contributed by atoms with Crippen LogP contribution in [0.1, 0.15) is 83.9 Å². The summed E-state index contributed by atoms with van der Waals surface area (Å²) >= 11 is 9.95. The van der Waals surface area contributed by atoms with Crippen molar-refractivity contribution < 1.29 is 33.4 Å². The van der Waals surface area contributed by atoms with Crippen LogP contribution in [0.4, 0.5) is 16.0 Å². The Bertz CT molecular complexity index is 2650. The summed E-state index contributed by atoms with van der Waals surface area (Å²) in [6, 6.07) is 5.51. The fourth-order valence-electron chi connectivity index (χ4n) is 9.85. The van der Waals surface area contributed by atoms with Gasteiger partial charge in [-0.05, 0) is 80.5 Å². The summed E-state index contributed by atoms with van der Waals surface area (Å²) in [5.74, 6) is 0.138. The fourth-order valence-corrected chi connectivity index (χ4v) is 11.7. The molecule has 5 fully saturated rings. The molecule has 5 N–H and O–H groups in total. The number of hydrogen-bond acceptors (Lipinski definition) is 15. The number of amides is 4. The number of halogens is 2. The molecule has 386 valence electrons. The highest BCUT2D eigenvalue weighted by Crippen LogP contribution is 2.42. The molecule has 72 heavy (non-hydrogen) atoms. The predicted molar refractivity (Wildman–Crippen MR) is 275 cm³/mol. The predicted octanol–water partition coefficient (Wildman–Crippen LogP) is 5.79. The van der Waals surface area contributed by atoms with Crippen molar-refractivity contribution in [1.29, 1.82) is 0 Å². The number of likely N-dealkylation sites (tertiary alicyclic amines) is 2. The molecule has 17 nitrogen and oxygen atoms in total. The first-order valence-corrected chi connectivity index (χ1v) is 27.0. The Morgan fingerprint density at radius 1 is 1.00 bits per heavy atom. The number of β-amino-alcohol motifs (C(OH)–C–C–N with tert-alkyl or cyclic N) is 1. The van der Waals surface area contributed by atoms with Crippen LogP contribution >= 0.6 is 34.7 Å². The second kappa shape index (κ2) is 21.0. The van der Waals surface area contributed by atoms with Gasteiger partial charge in [0.15, 0.2) is 5.67 Å². The normalized spacial score (nSPS) is 21.5. The zero-order valence-electron chi connectivity index (χ0n) is 41.5. The Kier molecular flexibility index (Phi) is 15.1. The van der Waals surface area contributed by atoms with Gasteiger partial charge in [-0.25, -0.2) is 24.3 Å². The topological polar surface area (TPSA) is 212 Å². The van der Waals surface area contributed by atoms with Gasteiger partial charge in [-0.3, -0.25) is 19.2 Å². The van der Waals surface area contributed by atoms with Gasteiger partial charge >= 0.3 is 0 Å². The lowest BCUT2D eigenvalue weighted by Gasteiger charge is -2.42. The minimum absolute atomic E-state index is 0.00575. The SMILES string of the molecule is Cc1ncsc1-c1ccc(CNC(=O)[C@@H]2C[C@@H](O)CN2C(=O)[C@@H](NC(=O)C2(F)CC2)C(C)(C)C)c(OC2CN(C(=O)C3CCN(c4nccc(Sc5cnc(N6CCC(C)(CN)CC6)cn5)c4Cl)CC3)C2)c1. The van der Waals surface area contributed by atoms with Crippen LogP contribution < -0.4 is 30.9 Å². The number of aromatic nitrogens is 4. The van der Waals surface area contributed by atoms with E-state index in [1.165, 1.54) is 28.0 Å². The molecule has 0 unspecified atom stereocenters. The van der Waals surface area contributed by atoms with Crippen LogP contribution in [0.5, 0.6) is 5.75 Å². The van der Waals surface area contributed by atoms with Gasteiger partial charge < -0.3 is 45.8 Å². The summed E-state index contributed by atoms with van der Waals surface area (Å²) < 4.78 is 21.3. The van der Waals surface area contributed by atoms with Crippen molar-refractivity contribution in [2.45, 2.75) is 126 Å². The van der Waals surface area contributed by atoms with E-state index in [4.69, 9.17) is 32.0 Å². The zero-order valence-corrected chi connectivity index (χ0v) is 43.9. The number of hydrogen-bond donors (Lipinski definition) is 4. The standard InChI is InChI=1S/C51H65ClFN11O6S2/c1-30-42(71-29-59-30)32-6-7-33(22-58-45(66)36-21-34(65)25-64(36)47(68)43(49(2,3)4)60-48(69)51(53)11-12-51)37(20-32)70-35-26-63(27-35)46(67)31-9-16-62(17-10-31)44-41(52)38(8-15-55-44)72-40-24-56-39(23-57-40)61-18-13-50(5,28-54)14-19-61/h6-8,15,20,23-24,29,31,34-36,43,65H,9-14,16-19,21-22,25-28,54H2,1-5H3,(H,58,66)(H,60,69)/t34-,36+,43-/m1/s1. The van der Waals surface area contributed by atoms with Gasteiger partial charge in [-0.1, -0.05) is 63.2 Å². The molecule has 0 bridgehead atoms. The van der Waals surface area contributed by atoms with E-state index < -0.39 is 47.0 Å². The number of ether oxygens (including phenoxy) is 1. The number of rotatable bonds is 15. The Labute approximate surface area is 433 Å². The molecule has 1 aliphatic carbocycles. The number of anilines is 2. The third-order valence-electron chi connectivity index (χ3n) is 14.9. The van der Waals surface area contributed by atoms with Crippen LogP contribution in [0.3, 0.4) is 0 Å². The largest absolute Gasteiger partial charge is 0.486 e. The molecular weight excluding hydrogens is 981 g/mol. The molecule has 4 aromatic rings. The van der Waals surface area contributed by atoms with Crippen molar-refractivity contribution in [3.8, 4) is 16.2 Å². The molecule has 9 rings (SSSR count). The maximum atomic E-state index is 14.7. The van der Waals surface area contributed by atoms with Crippen LogP contribution in [0.2, 0.25) is 5.02 Å². The van der Waals surface area contributed by atoms with Gasteiger partial charge in [-0.2, -0.15) is 0 Å². The minimum Gasteiger partial charge on any atom is -0.486 e. The molecule has 21 heteroatoms. The first-order chi connectivity index (χ1) is 34.3. The van der Waals surface area contributed by atoms with Gasteiger partial charge in [0.2, 0.25) is 17.7 Å². The summed E-state index contributed by atoms with van der Waals surface area (Å²) in [5, 5.41) is 17.5. The van der Waals surface area contributed by atoms with Crippen molar-refractivity contribution in [2.75, 3.05) is 62.2 Å². The van der Waals surface area contributed by atoms with Crippen LogP contribution in [0, 0.1) is 23.7 Å². The molecule has 1 saturated carbocycles. The first-order valence-electron chi connectivity index (χ1n) is 24.9. The van der Waals surface area contributed by atoms with E-state index in [0.717, 1.165) is 57.8 Å². The molecular formula is C51H65ClFN11O6S2. The maximum absolute atomic E-state index is 14.7. The molecule has 5 aliphatic rings. The van der Waals surface area contributed by atoms with Crippen LogP contribution in [-0.2, 0) is 25.7 Å². The smallest absolute Gasteiger partial charge is 0.258 e. The molecule has 4 amide bonds. The summed E-state index contributed by atoms with van der Waals surface area (Å²) in [6.07, 6.45) is 7.65. The number of benzene rings is 1. The Hall–Kier alpha value is -5.15. The number of piperidine rings is 2. The first kappa shape index (κ1) is 51.7. The lowest BCUT2D eigenvalue weighted by atomic mass is 9.80. The van der Waals surface area contributed by atoms with Crippen LogP contribution in [0.25, 0.3) is 10.4 Å². The third kappa shape index (κ3) is 11.3. The summed E-state index contributed by atoms with van der Waals surface area (Å²) in [4.78, 5) is 82.4. The maximum Gasteiger partial charge on any atom is 0.258 e. The van der Waals surface area contributed by atoms with E-state index in [2.05, 4.69) is 37.3 Å². The molecule has 7 heterocycles.